The third-order valence-electron chi connectivity index (χ3n) is 3.18. The van der Waals surface area contributed by atoms with Gasteiger partial charge in [0.2, 0.25) is 5.91 Å². The van der Waals surface area contributed by atoms with E-state index in [1.54, 1.807) is 0 Å². The van der Waals surface area contributed by atoms with E-state index >= 15 is 0 Å². The van der Waals surface area contributed by atoms with E-state index < -0.39 is 11.8 Å². The smallest absolute Gasteiger partial charge is 0.340 e. The van der Waals surface area contributed by atoms with Crippen LogP contribution in [0.15, 0.2) is 18.2 Å². The first-order valence-electron chi connectivity index (χ1n) is 6.58. The highest BCUT2D eigenvalue weighted by molar-refractivity contribution is 6.01. The van der Waals surface area contributed by atoms with Crippen LogP contribution in [0.25, 0.3) is 0 Å². The molecule has 1 aromatic carbocycles. The lowest BCUT2D eigenvalue weighted by molar-refractivity contribution is -0.117. The number of carbonyl (C=O) groups is 2. The minimum atomic E-state index is -0.718. The van der Waals surface area contributed by atoms with Crippen molar-refractivity contribution in [3.05, 3.63) is 29.6 Å². The second kappa shape index (κ2) is 6.67. The zero-order valence-electron chi connectivity index (χ0n) is 12.7. The first kappa shape index (κ1) is 17.1. The zero-order chi connectivity index (χ0) is 16.2. The Kier molecular flexibility index (Phi) is 5.43. The molecule has 116 valence electrons. The SMILES string of the molecule is COC(=O)c1cc(F)ccc1NC(=O)CC(N)C(C)(C)C. The molecule has 0 aliphatic heterocycles. The Morgan fingerprint density at radius 3 is 2.52 bits per heavy atom. The molecule has 0 fully saturated rings. The number of hydrogen-bond acceptors (Lipinski definition) is 4. The fourth-order valence-electron chi connectivity index (χ4n) is 1.61. The molecule has 0 heterocycles. The van der Waals surface area contributed by atoms with Crippen molar-refractivity contribution in [2.75, 3.05) is 12.4 Å². The van der Waals surface area contributed by atoms with Crippen molar-refractivity contribution in [2.45, 2.75) is 33.2 Å². The van der Waals surface area contributed by atoms with Crippen LogP contribution in [-0.4, -0.2) is 25.0 Å². The number of nitrogens with two attached hydrogens (primary N) is 1. The van der Waals surface area contributed by atoms with Gasteiger partial charge in [-0.15, -0.1) is 0 Å². The highest BCUT2D eigenvalue weighted by Gasteiger charge is 2.24. The molecule has 1 rings (SSSR count). The lowest BCUT2D eigenvalue weighted by Gasteiger charge is -2.26. The second-order valence-electron chi connectivity index (χ2n) is 5.91. The van der Waals surface area contributed by atoms with E-state index in [1.807, 2.05) is 20.8 Å². The Morgan fingerprint density at radius 2 is 2.00 bits per heavy atom. The maximum atomic E-state index is 13.2. The van der Waals surface area contributed by atoms with Crippen molar-refractivity contribution >= 4 is 17.6 Å². The van der Waals surface area contributed by atoms with Crippen molar-refractivity contribution in [1.29, 1.82) is 0 Å². The average Bonchev–Trinajstić information content (AvgIpc) is 2.38. The Balaban J connectivity index is 2.88. The summed E-state index contributed by atoms with van der Waals surface area (Å²) in [6, 6.07) is 3.17. The van der Waals surface area contributed by atoms with E-state index in [2.05, 4.69) is 10.1 Å². The lowest BCUT2D eigenvalue weighted by Crippen LogP contribution is -2.38. The Hall–Kier alpha value is -1.95. The Morgan fingerprint density at radius 1 is 1.38 bits per heavy atom. The van der Waals surface area contributed by atoms with Crippen molar-refractivity contribution in [1.82, 2.24) is 0 Å². The first-order chi connectivity index (χ1) is 9.65. The predicted octanol–water partition coefficient (Wildman–Crippen LogP) is 2.31. The molecule has 0 radical (unpaired) electrons. The number of benzene rings is 1. The molecule has 21 heavy (non-hydrogen) atoms. The Bertz CT molecular complexity index is 538. The van der Waals surface area contributed by atoms with Crippen LogP contribution in [0.2, 0.25) is 0 Å². The summed E-state index contributed by atoms with van der Waals surface area (Å²) in [5, 5.41) is 2.57. The molecule has 0 spiro atoms. The number of methoxy groups -OCH3 is 1. The van der Waals surface area contributed by atoms with E-state index in [9.17, 15) is 14.0 Å². The Labute approximate surface area is 123 Å². The van der Waals surface area contributed by atoms with Gasteiger partial charge in [0.1, 0.15) is 5.82 Å². The summed E-state index contributed by atoms with van der Waals surface area (Å²) in [6.45, 7) is 5.80. The van der Waals surface area contributed by atoms with Crippen LogP contribution >= 0.6 is 0 Å². The van der Waals surface area contributed by atoms with Crippen molar-refractivity contribution in [3.63, 3.8) is 0 Å². The van der Waals surface area contributed by atoms with Gasteiger partial charge in [0.05, 0.1) is 18.4 Å². The van der Waals surface area contributed by atoms with Crippen LogP contribution in [-0.2, 0) is 9.53 Å². The summed E-state index contributed by atoms with van der Waals surface area (Å²) in [6.07, 6.45) is 0.0987. The number of nitrogens with one attached hydrogen (secondary N) is 1. The molecule has 1 amide bonds. The summed E-state index contributed by atoms with van der Waals surface area (Å²) in [7, 11) is 1.19. The second-order valence-corrected chi connectivity index (χ2v) is 5.91. The fourth-order valence-corrected chi connectivity index (χ4v) is 1.61. The quantitative estimate of drug-likeness (QED) is 0.835. The summed E-state index contributed by atoms with van der Waals surface area (Å²) in [4.78, 5) is 23.6. The van der Waals surface area contributed by atoms with Gasteiger partial charge in [0.15, 0.2) is 0 Å². The summed E-state index contributed by atoms with van der Waals surface area (Å²) >= 11 is 0. The molecular formula is C15H21FN2O3. The monoisotopic (exact) mass is 296 g/mol. The molecule has 0 saturated carbocycles. The van der Waals surface area contributed by atoms with Gasteiger partial charge in [-0.1, -0.05) is 20.8 Å². The molecule has 1 atom stereocenters. The minimum absolute atomic E-state index is 0.0322. The van der Waals surface area contributed by atoms with Gasteiger partial charge >= 0.3 is 5.97 Å². The van der Waals surface area contributed by atoms with Crippen LogP contribution < -0.4 is 11.1 Å². The minimum Gasteiger partial charge on any atom is -0.465 e. The van der Waals surface area contributed by atoms with Crippen molar-refractivity contribution in [2.24, 2.45) is 11.1 Å². The maximum absolute atomic E-state index is 13.2. The molecule has 1 unspecified atom stereocenters. The molecule has 0 saturated heterocycles. The third kappa shape index (κ3) is 4.82. The zero-order valence-corrected chi connectivity index (χ0v) is 12.7. The third-order valence-corrected chi connectivity index (χ3v) is 3.18. The largest absolute Gasteiger partial charge is 0.465 e. The van der Waals surface area contributed by atoms with Crippen molar-refractivity contribution < 1.29 is 18.7 Å². The molecule has 0 bridgehead atoms. The van der Waals surface area contributed by atoms with Gasteiger partial charge in [-0.25, -0.2) is 9.18 Å². The summed E-state index contributed by atoms with van der Waals surface area (Å²) in [5.41, 5.74) is 5.89. The van der Waals surface area contributed by atoms with E-state index in [0.717, 1.165) is 12.1 Å². The number of carbonyl (C=O) groups excluding carboxylic acids is 2. The molecular weight excluding hydrogens is 275 g/mol. The first-order valence-corrected chi connectivity index (χ1v) is 6.58. The van der Waals surface area contributed by atoms with E-state index in [4.69, 9.17) is 5.73 Å². The van der Waals surface area contributed by atoms with Crippen LogP contribution in [0.5, 0.6) is 0 Å². The summed E-state index contributed by atoms with van der Waals surface area (Å²) in [5.74, 6) is -1.64. The van der Waals surface area contributed by atoms with Gasteiger partial charge in [0, 0.05) is 12.5 Å². The maximum Gasteiger partial charge on any atom is 0.340 e. The number of rotatable bonds is 4. The normalized spacial score (nSPS) is 12.7. The van der Waals surface area contributed by atoms with Gasteiger partial charge in [-0.2, -0.15) is 0 Å². The number of ether oxygens (including phenoxy) is 1. The van der Waals surface area contributed by atoms with E-state index in [1.165, 1.54) is 13.2 Å². The standard InChI is InChI=1S/C15H21FN2O3/c1-15(2,3)12(17)8-13(19)18-11-6-5-9(16)7-10(11)14(20)21-4/h5-7,12H,8,17H2,1-4H3,(H,18,19). The highest BCUT2D eigenvalue weighted by Crippen LogP contribution is 2.22. The lowest BCUT2D eigenvalue weighted by atomic mass is 9.85. The molecule has 3 N–H and O–H groups in total. The number of esters is 1. The highest BCUT2D eigenvalue weighted by atomic mass is 19.1. The molecule has 0 aliphatic carbocycles. The molecule has 0 aliphatic rings. The number of halogens is 1. The molecule has 5 nitrogen and oxygen atoms in total. The van der Waals surface area contributed by atoms with Gasteiger partial charge in [-0.05, 0) is 23.6 Å². The van der Waals surface area contributed by atoms with E-state index in [-0.39, 0.29) is 35.0 Å². The molecule has 6 heteroatoms. The summed E-state index contributed by atoms with van der Waals surface area (Å²) < 4.78 is 17.8. The average molecular weight is 296 g/mol. The van der Waals surface area contributed by atoms with Crippen molar-refractivity contribution in [3.8, 4) is 0 Å². The predicted molar refractivity (Wildman–Crippen MR) is 78.4 cm³/mol. The number of anilines is 1. The van der Waals surface area contributed by atoms with Gasteiger partial charge < -0.3 is 15.8 Å². The van der Waals surface area contributed by atoms with Crippen LogP contribution in [0.3, 0.4) is 0 Å². The van der Waals surface area contributed by atoms with E-state index in [0.29, 0.717) is 0 Å². The fraction of sp³-hybridized carbons (Fsp3) is 0.467. The van der Waals surface area contributed by atoms with Crippen LogP contribution in [0.4, 0.5) is 10.1 Å². The molecule has 0 aromatic heterocycles. The van der Waals surface area contributed by atoms with Crippen LogP contribution in [0, 0.1) is 11.2 Å². The van der Waals surface area contributed by atoms with Crippen LogP contribution in [0.1, 0.15) is 37.6 Å². The number of amides is 1. The van der Waals surface area contributed by atoms with Gasteiger partial charge in [0.25, 0.3) is 0 Å². The molecule has 1 aromatic rings. The van der Waals surface area contributed by atoms with Gasteiger partial charge in [-0.3, -0.25) is 4.79 Å². The topological polar surface area (TPSA) is 81.4 Å². The number of hydrogen-bond donors (Lipinski definition) is 2.